The van der Waals surface area contributed by atoms with Gasteiger partial charge in [-0.25, -0.2) is 4.98 Å². The van der Waals surface area contributed by atoms with Crippen molar-refractivity contribution in [2.75, 3.05) is 18.4 Å². The van der Waals surface area contributed by atoms with Crippen LogP contribution in [0.1, 0.15) is 24.8 Å². The molecule has 0 unspecified atom stereocenters. The van der Waals surface area contributed by atoms with Gasteiger partial charge in [-0.3, -0.25) is 14.9 Å². The smallest absolute Gasteiger partial charge is 0.127 e. The zero-order chi connectivity index (χ0) is 23.6. The van der Waals surface area contributed by atoms with Crippen molar-refractivity contribution in [2.24, 2.45) is 5.73 Å². The Labute approximate surface area is 206 Å². The van der Waals surface area contributed by atoms with Crippen LogP contribution in [0.5, 0.6) is 0 Å². The Bertz CT molecular complexity index is 1300. The molecule has 2 fully saturated rings. The molecule has 1 aliphatic heterocycles. The van der Waals surface area contributed by atoms with Crippen LogP contribution in [0.25, 0.3) is 33.6 Å². The molecule has 3 N–H and O–H groups in total. The Morgan fingerprint density at radius 2 is 1.69 bits per heavy atom. The van der Waals surface area contributed by atoms with Crippen LogP contribution < -0.4 is 11.1 Å². The first-order valence-corrected chi connectivity index (χ1v) is 12.4. The Morgan fingerprint density at radius 1 is 0.857 bits per heavy atom. The van der Waals surface area contributed by atoms with Crippen molar-refractivity contribution in [3.63, 3.8) is 0 Å². The van der Waals surface area contributed by atoms with Gasteiger partial charge in [0.15, 0.2) is 0 Å². The van der Waals surface area contributed by atoms with E-state index >= 15 is 0 Å². The molecule has 1 aromatic carbocycles. The van der Waals surface area contributed by atoms with E-state index in [0.717, 1.165) is 65.5 Å². The summed E-state index contributed by atoms with van der Waals surface area (Å²) >= 11 is 0. The van der Waals surface area contributed by atoms with Crippen molar-refractivity contribution in [3.05, 3.63) is 84.8 Å². The lowest BCUT2D eigenvalue weighted by Crippen LogP contribution is -2.26. The van der Waals surface area contributed by atoms with Crippen LogP contribution in [0, 0.1) is 0 Å². The molecular formula is C29H30N6. The third-order valence-corrected chi connectivity index (χ3v) is 6.76. The van der Waals surface area contributed by atoms with Gasteiger partial charge in [-0.2, -0.15) is 0 Å². The van der Waals surface area contributed by atoms with Gasteiger partial charge in [0, 0.05) is 61.4 Å². The zero-order valence-corrected chi connectivity index (χ0v) is 19.8. The number of nitrogens with zero attached hydrogens (tertiary/aromatic N) is 4. The van der Waals surface area contributed by atoms with E-state index in [0.29, 0.717) is 12.1 Å². The van der Waals surface area contributed by atoms with E-state index in [2.05, 4.69) is 62.6 Å². The lowest BCUT2D eigenvalue weighted by atomic mass is 10.0. The number of nitrogens with one attached hydrogen (secondary N) is 1. The summed E-state index contributed by atoms with van der Waals surface area (Å²) in [5, 5.41) is 3.55. The second-order valence-electron chi connectivity index (χ2n) is 9.70. The van der Waals surface area contributed by atoms with Crippen LogP contribution in [0.2, 0.25) is 0 Å². The van der Waals surface area contributed by atoms with Crippen molar-refractivity contribution in [2.45, 2.75) is 37.9 Å². The van der Waals surface area contributed by atoms with Crippen LogP contribution in [-0.4, -0.2) is 45.0 Å². The minimum Gasteiger partial charge on any atom is -0.367 e. The van der Waals surface area contributed by atoms with Crippen molar-refractivity contribution < 1.29 is 0 Å². The number of hydrogen-bond donors (Lipinski definition) is 2. The van der Waals surface area contributed by atoms with E-state index in [1.807, 2.05) is 36.8 Å². The molecule has 1 saturated heterocycles. The van der Waals surface area contributed by atoms with Crippen LogP contribution in [0.3, 0.4) is 0 Å². The van der Waals surface area contributed by atoms with E-state index in [9.17, 15) is 0 Å². The molecule has 4 heterocycles. The van der Waals surface area contributed by atoms with Gasteiger partial charge in [0.05, 0.1) is 11.4 Å². The number of aromatic nitrogens is 3. The number of hydrogen-bond acceptors (Lipinski definition) is 6. The minimum atomic E-state index is 0.314. The predicted molar refractivity (Wildman–Crippen MR) is 141 cm³/mol. The van der Waals surface area contributed by atoms with Gasteiger partial charge in [-0.05, 0) is 66.3 Å². The Kier molecular flexibility index (Phi) is 5.98. The highest BCUT2D eigenvalue weighted by Gasteiger charge is 2.22. The molecule has 1 saturated carbocycles. The van der Waals surface area contributed by atoms with E-state index in [4.69, 9.17) is 10.7 Å². The van der Waals surface area contributed by atoms with Gasteiger partial charge < -0.3 is 11.1 Å². The van der Waals surface area contributed by atoms with Crippen molar-refractivity contribution in [1.82, 2.24) is 19.9 Å². The number of rotatable bonds is 7. The van der Waals surface area contributed by atoms with Gasteiger partial charge in [-0.15, -0.1) is 0 Å². The average molecular weight is 463 g/mol. The highest BCUT2D eigenvalue weighted by Crippen LogP contribution is 2.32. The number of anilines is 1. The molecule has 0 amide bonds. The first-order chi connectivity index (χ1) is 17.2. The van der Waals surface area contributed by atoms with Gasteiger partial charge in [0.1, 0.15) is 5.82 Å². The molecule has 1 aliphatic carbocycles. The lowest BCUT2D eigenvalue weighted by molar-refractivity contribution is 0.327. The first-order valence-electron chi connectivity index (χ1n) is 12.4. The highest BCUT2D eigenvalue weighted by atomic mass is 15.2. The largest absolute Gasteiger partial charge is 0.367 e. The second kappa shape index (κ2) is 9.56. The SMILES string of the molecule is N[C@H]1CCN(Cc2ccc(-c3cncc(-c4cc(NC5CC5)nc(-c5ccccn5)c4)c3)cc2)C1. The summed E-state index contributed by atoms with van der Waals surface area (Å²) in [5.41, 5.74) is 13.5. The van der Waals surface area contributed by atoms with Crippen LogP contribution >= 0.6 is 0 Å². The molecule has 4 aromatic rings. The molecule has 176 valence electrons. The molecule has 0 spiro atoms. The summed E-state index contributed by atoms with van der Waals surface area (Å²) in [5.74, 6) is 0.891. The number of nitrogens with two attached hydrogens (primary N) is 1. The van der Waals surface area contributed by atoms with Crippen molar-refractivity contribution >= 4 is 5.82 Å². The molecule has 0 bridgehead atoms. The Morgan fingerprint density at radius 3 is 2.40 bits per heavy atom. The highest BCUT2D eigenvalue weighted by molar-refractivity contribution is 5.76. The fraction of sp³-hybridized carbons (Fsp3) is 0.276. The summed E-state index contributed by atoms with van der Waals surface area (Å²) in [6.07, 6.45) is 9.15. The van der Waals surface area contributed by atoms with E-state index < -0.39 is 0 Å². The van der Waals surface area contributed by atoms with Crippen LogP contribution in [0.4, 0.5) is 5.82 Å². The maximum atomic E-state index is 6.06. The standard InChI is InChI=1S/C29H30N6/c30-25-10-12-35(19-25)18-20-4-6-21(7-5-20)23-13-24(17-31-16-23)22-14-28(27-3-1-2-11-32-27)34-29(15-22)33-26-8-9-26/h1-7,11,13-17,25-26H,8-10,12,18-19,30H2,(H,33,34)/t25-/m0/s1. The number of benzene rings is 1. The molecule has 2 aliphatic rings. The molecule has 35 heavy (non-hydrogen) atoms. The lowest BCUT2D eigenvalue weighted by Gasteiger charge is -2.15. The summed E-state index contributed by atoms with van der Waals surface area (Å²) in [6, 6.07) is 22.0. The summed E-state index contributed by atoms with van der Waals surface area (Å²) < 4.78 is 0. The maximum Gasteiger partial charge on any atom is 0.127 e. The molecule has 0 radical (unpaired) electrons. The summed E-state index contributed by atoms with van der Waals surface area (Å²) in [6.45, 7) is 3.02. The molecule has 6 rings (SSSR count). The fourth-order valence-corrected chi connectivity index (χ4v) is 4.68. The number of likely N-dealkylation sites (tertiary alicyclic amines) is 1. The number of pyridine rings is 3. The quantitative estimate of drug-likeness (QED) is 0.403. The summed E-state index contributed by atoms with van der Waals surface area (Å²) in [4.78, 5) is 16.4. The third kappa shape index (κ3) is 5.24. The third-order valence-electron chi connectivity index (χ3n) is 6.76. The monoisotopic (exact) mass is 462 g/mol. The molecule has 6 heteroatoms. The zero-order valence-electron chi connectivity index (χ0n) is 19.8. The Hall–Kier alpha value is -3.61. The van der Waals surface area contributed by atoms with Gasteiger partial charge in [0.25, 0.3) is 0 Å². The predicted octanol–water partition coefficient (Wildman–Crippen LogP) is 4.98. The van der Waals surface area contributed by atoms with Crippen molar-refractivity contribution in [3.8, 4) is 33.6 Å². The molecular weight excluding hydrogens is 432 g/mol. The van der Waals surface area contributed by atoms with E-state index in [1.165, 1.54) is 18.4 Å². The summed E-state index contributed by atoms with van der Waals surface area (Å²) in [7, 11) is 0. The first kappa shape index (κ1) is 21.9. The van der Waals surface area contributed by atoms with Crippen LogP contribution in [0.15, 0.2) is 79.3 Å². The molecule has 1 atom stereocenters. The normalized spacial score (nSPS) is 18.0. The maximum absolute atomic E-state index is 6.06. The average Bonchev–Trinajstić information content (AvgIpc) is 3.63. The second-order valence-corrected chi connectivity index (χ2v) is 9.70. The van der Waals surface area contributed by atoms with Gasteiger partial charge in [-0.1, -0.05) is 30.3 Å². The molecule has 3 aromatic heterocycles. The molecule has 6 nitrogen and oxygen atoms in total. The van der Waals surface area contributed by atoms with Gasteiger partial charge >= 0.3 is 0 Å². The van der Waals surface area contributed by atoms with Crippen LogP contribution in [-0.2, 0) is 6.54 Å². The minimum absolute atomic E-state index is 0.314. The van der Waals surface area contributed by atoms with E-state index in [-0.39, 0.29) is 0 Å². The Balaban J connectivity index is 1.28. The van der Waals surface area contributed by atoms with Crippen molar-refractivity contribution in [1.29, 1.82) is 0 Å². The fourth-order valence-electron chi connectivity index (χ4n) is 4.68. The topological polar surface area (TPSA) is 80.0 Å². The van der Waals surface area contributed by atoms with Gasteiger partial charge in [0.2, 0.25) is 0 Å². The van der Waals surface area contributed by atoms with E-state index in [1.54, 1.807) is 0 Å².